The van der Waals surface area contributed by atoms with E-state index < -0.39 is 11.3 Å². The molecular weight excluding hydrogens is 224 g/mol. The van der Waals surface area contributed by atoms with Gasteiger partial charge in [0.2, 0.25) is 5.91 Å². The monoisotopic (exact) mass is 236 g/mol. The molecule has 3 amide bonds. The third-order valence-corrected chi connectivity index (χ3v) is 3.03. The van der Waals surface area contributed by atoms with Gasteiger partial charge in [0.1, 0.15) is 5.38 Å². The van der Waals surface area contributed by atoms with Gasteiger partial charge in [0.15, 0.2) is 0 Å². The number of urea groups is 1. The standard InChI is InChI=1S/C8H13ClN2O2S/c1-6(9)7(12)10-8(13)11-2-4-14-5-3-11/h6H,2-5H2,1H3,(H,10,12,13). The van der Waals surface area contributed by atoms with Crippen molar-refractivity contribution in [3.8, 4) is 0 Å². The van der Waals surface area contributed by atoms with Gasteiger partial charge in [-0.1, -0.05) is 0 Å². The lowest BCUT2D eigenvalue weighted by Gasteiger charge is -2.26. The predicted octanol–water partition coefficient (Wildman–Crippen LogP) is 0.899. The summed E-state index contributed by atoms with van der Waals surface area (Å²) in [5, 5.41) is 1.59. The molecule has 0 aromatic rings. The zero-order chi connectivity index (χ0) is 10.6. The van der Waals surface area contributed by atoms with Crippen molar-refractivity contribution in [1.29, 1.82) is 0 Å². The normalized spacial score (nSPS) is 18.9. The molecule has 14 heavy (non-hydrogen) atoms. The number of hydrogen-bond donors (Lipinski definition) is 1. The summed E-state index contributed by atoms with van der Waals surface area (Å²) < 4.78 is 0. The molecule has 1 N–H and O–H groups in total. The molecule has 1 saturated heterocycles. The zero-order valence-corrected chi connectivity index (χ0v) is 9.53. The van der Waals surface area contributed by atoms with Gasteiger partial charge in [0.05, 0.1) is 0 Å². The van der Waals surface area contributed by atoms with E-state index in [0.29, 0.717) is 13.1 Å². The summed E-state index contributed by atoms with van der Waals surface area (Å²) in [5.41, 5.74) is 0. The van der Waals surface area contributed by atoms with Gasteiger partial charge in [0.25, 0.3) is 0 Å². The Morgan fingerprint density at radius 2 is 2.00 bits per heavy atom. The van der Waals surface area contributed by atoms with Crippen molar-refractivity contribution in [3.63, 3.8) is 0 Å². The average Bonchev–Trinajstić information content (AvgIpc) is 2.19. The summed E-state index contributed by atoms with van der Waals surface area (Å²) in [4.78, 5) is 24.2. The number of carbonyl (C=O) groups excluding carboxylic acids is 2. The van der Waals surface area contributed by atoms with Crippen LogP contribution in [0.3, 0.4) is 0 Å². The molecule has 1 aliphatic heterocycles. The second-order valence-corrected chi connectivity index (χ2v) is 4.89. The molecule has 0 aromatic carbocycles. The van der Waals surface area contributed by atoms with Crippen molar-refractivity contribution in [2.45, 2.75) is 12.3 Å². The van der Waals surface area contributed by atoms with Crippen LogP contribution < -0.4 is 5.32 Å². The number of rotatable bonds is 1. The van der Waals surface area contributed by atoms with E-state index in [1.165, 1.54) is 6.92 Å². The minimum atomic E-state index is -0.668. The Kier molecular flexibility index (Phi) is 4.54. The third kappa shape index (κ3) is 3.38. The van der Waals surface area contributed by atoms with E-state index in [9.17, 15) is 9.59 Å². The van der Waals surface area contributed by atoms with Crippen LogP contribution in [0.1, 0.15) is 6.92 Å². The highest BCUT2D eigenvalue weighted by Crippen LogP contribution is 2.08. The maximum Gasteiger partial charge on any atom is 0.324 e. The minimum Gasteiger partial charge on any atom is -0.323 e. The zero-order valence-electron chi connectivity index (χ0n) is 7.96. The highest BCUT2D eigenvalue weighted by Gasteiger charge is 2.20. The molecular formula is C8H13ClN2O2S. The van der Waals surface area contributed by atoms with Crippen molar-refractivity contribution in [3.05, 3.63) is 0 Å². The van der Waals surface area contributed by atoms with Crippen LogP contribution >= 0.6 is 23.4 Å². The molecule has 1 heterocycles. The topological polar surface area (TPSA) is 49.4 Å². The van der Waals surface area contributed by atoms with E-state index in [0.717, 1.165) is 11.5 Å². The van der Waals surface area contributed by atoms with Gasteiger partial charge in [-0.3, -0.25) is 10.1 Å². The Morgan fingerprint density at radius 3 is 2.50 bits per heavy atom. The molecule has 0 saturated carbocycles. The van der Waals surface area contributed by atoms with E-state index in [-0.39, 0.29) is 6.03 Å². The molecule has 0 radical (unpaired) electrons. The summed E-state index contributed by atoms with van der Waals surface area (Å²) in [5.74, 6) is 1.42. The Balaban J connectivity index is 2.37. The molecule has 1 atom stereocenters. The van der Waals surface area contributed by atoms with Crippen molar-refractivity contribution in [2.75, 3.05) is 24.6 Å². The molecule has 0 spiro atoms. The Labute approximate surface area is 92.3 Å². The first-order valence-corrected chi connectivity index (χ1v) is 6.02. The second-order valence-electron chi connectivity index (χ2n) is 3.01. The summed E-state index contributed by atoms with van der Waals surface area (Å²) in [6.45, 7) is 2.93. The van der Waals surface area contributed by atoms with Gasteiger partial charge in [-0.25, -0.2) is 4.79 Å². The lowest BCUT2D eigenvalue weighted by Crippen LogP contribution is -2.47. The van der Waals surface area contributed by atoms with Gasteiger partial charge in [-0.15, -0.1) is 11.6 Å². The minimum absolute atomic E-state index is 0.331. The number of imide groups is 1. The van der Waals surface area contributed by atoms with Gasteiger partial charge in [-0.2, -0.15) is 11.8 Å². The van der Waals surface area contributed by atoms with Crippen LogP contribution in [0.5, 0.6) is 0 Å². The quantitative estimate of drug-likeness (QED) is 0.689. The van der Waals surface area contributed by atoms with Gasteiger partial charge in [-0.05, 0) is 6.92 Å². The Hall–Kier alpha value is -0.420. The number of nitrogens with zero attached hydrogens (tertiary/aromatic N) is 1. The first kappa shape index (κ1) is 11.7. The number of carbonyl (C=O) groups is 2. The fourth-order valence-corrected chi connectivity index (χ4v) is 2.01. The molecule has 0 aromatic heterocycles. The van der Waals surface area contributed by atoms with Gasteiger partial charge >= 0.3 is 6.03 Å². The smallest absolute Gasteiger partial charge is 0.323 e. The average molecular weight is 237 g/mol. The van der Waals surface area contributed by atoms with Gasteiger partial charge < -0.3 is 4.90 Å². The number of hydrogen-bond acceptors (Lipinski definition) is 3. The summed E-state index contributed by atoms with van der Waals surface area (Å²) >= 11 is 7.33. The molecule has 1 fully saturated rings. The number of amides is 3. The molecule has 0 aliphatic carbocycles. The molecule has 4 nitrogen and oxygen atoms in total. The molecule has 1 rings (SSSR count). The van der Waals surface area contributed by atoms with Crippen molar-refractivity contribution in [1.82, 2.24) is 10.2 Å². The van der Waals surface area contributed by atoms with E-state index in [1.54, 1.807) is 4.90 Å². The third-order valence-electron chi connectivity index (χ3n) is 1.89. The number of alkyl halides is 1. The number of halogens is 1. The first-order valence-electron chi connectivity index (χ1n) is 4.43. The summed E-state index contributed by atoms with van der Waals surface area (Å²) in [7, 11) is 0. The number of thioether (sulfide) groups is 1. The molecule has 80 valence electrons. The highest BCUT2D eigenvalue weighted by atomic mass is 35.5. The van der Waals surface area contributed by atoms with Crippen LogP contribution in [-0.4, -0.2) is 46.8 Å². The maximum atomic E-state index is 11.4. The fourth-order valence-electron chi connectivity index (χ4n) is 1.05. The Bertz CT molecular complexity index is 229. The SMILES string of the molecule is CC(Cl)C(=O)NC(=O)N1CCSCC1. The van der Waals surface area contributed by atoms with Crippen LogP contribution in [0.25, 0.3) is 0 Å². The Morgan fingerprint density at radius 1 is 1.43 bits per heavy atom. The maximum absolute atomic E-state index is 11.4. The summed E-state index contributed by atoms with van der Waals surface area (Å²) in [6, 6.07) is -0.331. The second kappa shape index (κ2) is 5.46. The van der Waals surface area contributed by atoms with Crippen molar-refractivity contribution >= 4 is 35.3 Å². The molecule has 1 unspecified atom stereocenters. The van der Waals surface area contributed by atoms with Crippen molar-refractivity contribution in [2.24, 2.45) is 0 Å². The van der Waals surface area contributed by atoms with E-state index in [1.807, 2.05) is 11.8 Å². The van der Waals surface area contributed by atoms with Crippen LogP contribution in [0.15, 0.2) is 0 Å². The lowest BCUT2D eigenvalue weighted by molar-refractivity contribution is -0.119. The highest BCUT2D eigenvalue weighted by molar-refractivity contribution is 7.99. The molecule has 6 heteroatoms. The van der Waals surface area contributed by atoms with Crippen LogP contribution in [-0.2, 0) is 4.79 Å². The molecule has 0 bridgehead atoms. The van der Waals surface area contributed by atoms with E-state index in [4.69, 9.17) is 11.6 Å². The summed E-state index contributed by atoms with van der Waals surface area (Å²) in [6.07, 6.45) is 0. The van der Waals surface area contributed by atoms with Gasteiger partial charge in [0, 0.05) is 24.6 Å². The lowest BCUT2D eigenvalue weighted by atomic mass is 10.4. The van der Waals surface area contributed by atoms with E-state index in [2.05, 4.69) is 5.32 Å². The van der Waals surface area contributed by atoms with Crippen LogP contribution in [0, 0.1) is 0 Å². The first-order chi connectivity index (χ1) is 6.61. The predicted molar refractivity (Wildman–Crippen MR) is 57.8 cm³/mol. The fraction of sp³-hybridized carbons (Fsp3) is 0.750. The van der Waals surface area contributed by atoms with E-state index >= 15 is 0 Å². The number of nitrogens with one attached hydrogen (secondary N) is 1. The van der Waals surface area contributed by atoms with Crippen LogP contribution in [0.2, 0.25) is 0 Å². The van der Waals surface area contributed by atoms with Crippen molar-refractivity contribution < 1.29 is 9.59 Å². The largest absolute Gasteiger partial charge is 0.324 e. The van der Waals surface area contributed by atoms with Crippen LogP contribution in [0.4, 0.5) is 4.79 Å². The molecule has 1 aliphatic rings.